The third-order valence-corrected chi connectivity index (χ3v) is 1.69. The molecule has 0 radical (unpaired) electrons. The number of nitriles is 1. The highest BCUT2D eigenvalue weighted by atomic mass is 15.1. The van der Waals surface area contributed by atoms with Gasteiger partial charge in [0.25, 0.3) is 0 Å². The summed E-state index contributed by atoms with van der Waals surface area (Å²) in [6.07, 6.45) is 2.41. The van der Waals surface area contributed by atoms with Crippen LogP contribution in [0.1, 0.15) is 19.3 Å². The molecule has 0 heterocycles. The largest absolute Gasteiger partial charge is 0.306 e. The highest BCUT2D eigenvalue weighted by Gasteiger charge is 1.96. The SMILES string of the molecule is CN(CCCC#N)CCCN=[N+]=[N-]. The van der Waals surface area contributed by atoms with E-state index in [1.807, 2.05) is 7.05 Å². The van der Waals surface area contributed by atoms with Crippen LogP contribution in [0.25, 0.3) is 10.4 Å². The van der Waals surface area contributed by atoms with E-state index in [4.69, 9.17) is 10.8 Å². The molecule has 0 bridgehead atoms. The summed E-state index contributed by atoms with van der Waals surface area (Å²) in [7, 11) is 2.01. The first kappa shape index (κ1) is 11.8. The van der Waals surface area contributed by atoms with Crippen molar-refractivity contribution in [3.8, 4) is 6.07 Å². The van der Waals surface area contributed by atoms with Crippen LogP contribution in [0, 0.1) is 11.3 Å². The molecule has 0 saturated carbocycles. The van der Waals surface area contributed by atoms with Crippen LogP contribution in [0.4, 0.5) is 0 Å². The van der Waals surface area contributed by atoms with Gasteiger partial charge >= 0.3 is 0 Å². The van der Waals surface area contributed by atoms with E-state index < -0.39 is 0 Å². The highest BCUT2D eigenvalue weighted by Crippen LogP contribution is 1.93. The monoisotopic (exact) mass is 181 g/mol. The number of hydrogen-bond acceptors (Lipinski definition) is 3. The molecule has 0 spiro atoms. The molecule has 0 N–H and O–H groups in total. The zero-order chi connectivity index (χ0) is 9.94. The molecule has 0 aliphatic rings. The van der Waals surface area contributed by atoms with Gasteiger partial charge in [0.15, 0.2) is 0 Å². The lowest BCUT2D eigenvalue weighted by atomic mass is 10.3. The minimum absolute atomic E-state index is 0.555. The lowest BCUT2D eigenvalue weighted by molar-refractivity contribution is 0.328. The van der Waals surface area contributed by atoms with Crippen molar-refractivity contribution < 1.29 is 0 Å². The Morgan fingerprint density at radius 2 is 2.15 bits per heavy atom. The standard InChI is InChI=1S/C8H15N5/c1-13(7-3-2-5-9)8-4-6-11-12-10/h2-4,6-8H2,1H3. The normalized spacial score (nSPS) is 9.31. The van der Waals surface area contributed by atoms with E-state index in [1.165, 1.54) is 0 Å². The van der Waals surface area contributed by atoms with Crippen molar-refractivity contribution >= 4 is 0 Å². The third-order valence-electron chi connectivity index (χ3n) is 1.69. The van der Waals surface area contributed by atoms with Gasteiger partial charge in [-0.3, -0.25) is 0 Å². The summed E-state index contributed by atoms with van der Waals surface area (Å²) in [5.41, 5.74) is 8.01. The summed E-state index contributed by atoms with van der Waals surface area (Å²) >= 11 is 0. The number of azide groups is 1. The Bertz CT molecular complexity index is 201. The van der Waals surface area contributed by atoms with Gasteiger partial charge in [-0.2, -0.15) is 5.26 Å². The summed E-state index contributed by atoms with van der Waals surface area (Å²) in [6, 6.07) is 2.11. The van der Waals surface area contributed by atoms with Crippen molar-refractivity contribution in [1.82, 2.24) is 4.90 Å². The third kappa shape index (κ3) is 8.67. The fraction of sp³-hybridized carbons (Fsp3) is 0.875. The Labute approximate surface area is 78.6 Å². The van der Waals surface area contributed by atoms with Crippen molar-refractivity contribution in [1.29, 1.82) is 5.26 Å². The van der Waals surface area contributed by atoms with Gasteiger partial charge in [-0.1, -0.05) is 5.11 Å². The van der Waals surface area contributed by atoms with Gasteiger partial charge in [0.1, 0.15) is 0 Å². The Morgan fingerprint density at radius 3 is 2.77 bits per heavy atom. The van der Waals surface area contributed by atoms with E-state index in [2.05, 4.69) is 21.0 Å². The minimum atomic E-state index is 0.555. The van der Waals surface area contributed by atoms with Gasteiger partial charge in [0, 0.05) is 17.9 Å². The minimum Gasteiger partial charge on any atom is -0.306 e. The summed E-state index contributed by atoms with van der Waals surface area (Å²) < 4.78 is 0. The fourth-order valence-electron chi connectivity index (χ4n) is 0.996. The summed E-state index contributed by atoms with van der Waals surface area (Å²) in [4.78, 5) is 4.81. The molecule has 0 fully saturated rings. The quantitative estimate of drug-likeness (QED) is 0.260. The predicted octanol–water partition coefficient (Wildman–Crippen LogP) is 1.92. The van der Waals surface area contributed by atoms with Crippen LogP contribution in [-0.2, 0) is 0 Å². The molecule has 0 atom stereocenters. The van der Waals surface area contributed by atoms with Gasteiger partial charge in [-0.25, -0.2) is 0 Å². The zero-order valence-corrected chi connectivity index (χ0v) is 7.98. The average Bonchev–Trinajstić information content (AvgIpc) is 2.13. The maximum absolute atomic E-state index is 8.30. The molecule has 0 unspecified atom stereocenters. The lowest BCUT2D eigenvalue weighted by Gasteiger charge is -2.14. The maximum atomic E-state index is 8.30. The number of nitrogens with zero attached hydrogens (tertiary/aromatic N) is 5. The first-order chi connectivity index (χ1) is 6.31. The van der Waals surface area contributed by atoms with Crippen LogP contribution in [0.5, 0.6) is 0 Å². The van der Waals surface area contributed by atoms with Crippen molar-refractivity contribution in [2.45, 2.75) is 19.3 Å². The maximum Gasteiger partial charge on any atom is 0.0622 e. The fourth-order valence-corrected chi connectivity index (χ4v) is 0.996. The number of unbranched alkanes of at least 4 members (excludes halogenated alkanes) is 1. The van der Waals surface area contributed by atoms with Crippen LogP contribution in [0.2, 0.25) is 0 Å². The molecular weight excluding hydrogens is 166 g/mol. The molecular formula is C8H15N5. The van der Waals surface area contributed by atoms with Crippen molar-refractivity contribution in [3.63, 3.8) is 0 Å². The number of hydrogen-bond donors (Lipinski definition) is 0. The molecule has 0 rings (SSSR count). The van der Waals surface area contributed by atoms with E-state index in [9.17, 15) is 0 Å². The Balaban J connectivity index is 3.25. The van der Waals surface area contributed by atoms with E-state index in [0.29, 0.717) is 13.0 Å². The Morgan fingerprint density at radius 1 is 1.46 bits per heavy atom. The summed E-state index contributed by atoms with van der Waals surface area (Å²) in [6.45, 7) is 2.41. The van der Waals surface area contributed by atoms with Gasteiger partial charge in [0.2, 0.25) is 0 Å². The van der Waals surface area contributed by atoms with Crippen LogP contribution in [-0.4, -0.2) is 31.6 Å². The molecule has 0 aliphatic heterocycles. The summed E-state index contributed by atoms with van der Waals surface area (Å²) in [5.74, 6) is 0. The second-order valence-corrected chi connectivity index (χ2v) is 2.87. The van der Waals surface area contributed by atoms with Crippen molar-refractivity contribution in [3.05, 3.63) is 10.4 Å². The molecule has 0 aliphatic carbocycles. The van der Waals surface area contributed by atoms with Gasteiger partial charge in [-0.15, -0.1) is 0 Å². The second kappa shape index (κ2) is 8.85. The highest BCUT2D eigenvalue weighted by molar-refractivity contribution is 4.69. The van der Waals surface area contributed by atoms with Crippen molar-refractivity contribution in [2.75, 3.05) is 26.7 Å². The molecule has 0 amide bonds. The predicted molar refractivity (Wildman–Crippen MR) is 51.0 cm³/mol. The first-order valence-electron chi connectivity index (χ1n) is 4.37. The van der Waals surface area contributed by atoms with E-state index in [0.717, 1.165) is 25.9 Å². The average molecular weight is 181 g/mol. The number of rotatable bonds is 7. The molecule has 0 aromatic heterocycles. The molecule has 0 aromatic carbocycles. The summed E-state index contributed by atoms with van der Waals surface area (Å²) in [5, 5.41) is 11.7. The lowest BCUT2D eigenvalue weighted by Crippen LogP contribution is -2.21. The van der Waals surface area contributed by atoms with E-state index in [-0.39, 0.29) is 0 Å². The Hall–Kier alpha value is -1.24. The zero-order valence-electron chi connectivity index (χ0n) is 7.98. The molecule has 72 valence electrons. The second-order valence-electron chi connectivity index (χ2n) is 2.87. The van der Waals surface area contributed by atoms with Crippen molar-refractivity contribution in [2.24, 2.45) is 5.11 Å². The molecule has 0 aromatic rings. The smallest absolute Gasteiger partial charge is 0.0622 e. The molecule has 5 nitrogen and oxygen atoms in total. The molecule has 13 heavy (non-hydrogen) atoms. The first-order valence-corrected chi connectivity index (χ1v) is 4.37. The van der Waals surface area contributed by atoms with Gasteiger partial charge in [-0.05, 0) is 38.5 Å². The van der Waals surface area contributed by atoms with Gasteiger partial charge < -0.3 is 4.90 Å². The Kier molecular flexibility index (Phi) is 8.01. The van der Waals surface area contributed by atoms with Crippen LogP contribution < -0.4 is 0 Å². The molecule has 5 heteroatoms. The van der Waals surface area contributed by atoms with Gasteiger partial charge in [0.05, 0.1) is 6.07 Å². The van der Waals surface area contributed by atoms with Crippen LogP contribution in [0.15, 0.2) is 5.11 Å². The topological polar surface area (TPSA) is 75.8 Å². The van der Waals surface area contributed by atoms with Crippen LogP contribution >= 0.6 is 0 Å². The van der Waals surface area contributed by atoms with E-state index in [1.54, 1.807) is 0 Å². The molecule has 0 saturated heterocycles. The van der Waals surface area contributed by atoms with Crippen LogP contribution in [0.3, 0.4) is 0 Å². The van der Waals surface area contributed by atoms with E-state index >= 15 is 0 Å².